The van der Waals surface area contributed by atoms with Crippen LogP contribution in [0.2, 0.25) is 0 Å². The van der Waals surface area contributed by atoms with E-state index >= 15 is 0 Å². The average molecular weight is 183 g/mol. The van der Waals surface area contributed by atoms with Gasteiger partial charge in [0.1, 0.15) is 0 Å². The van der Waals surface area contributed by atoms with Crippen molar-refractivity contribution in [2.75, 3.05) is 0 Å². The summed E-state index contributed by atoms with van der Waals surface area (Å²) in [5, 5.41) is 8.88. The smallest absolute Gasteiger partial charge is 0.310 e. The Bertz CT molecular complexity index is 144. The van der Waals surface area contributed by atoms with Crippen LogP contribution in [0.5, 0.6) is 0 Å². The van der Waals surface area contributed by atoms with Crippen molar-refractivity contribution in [1.82, 2.24) is 0 Å². The molecule has 2 nitrogen and oxygen atoms in total. The Hall–Kier alpha value is -0.530. The Kier molecular flexibility index (Phi) is 4.87. The van der Waals surface area contributed by atoms with Gasteiger partial charge in [0.2, 0.25) is 0 Å². The zero-order chi connectivity index (χ0) is 9.52. The molecule has 2 heteroatoms. The molecule has 13 heavy (non-hydrogen) atoms. The average Bonchev–Trinajstić information content (AvgIpc) is 2.14. The van der Waals surface area contributed by atoms with Crippen LogP contribution in [0.3, 0.4) is 0 Å². The van der Waals surface area contributed by atoms with Crippen molar-refractivity contribution in [3.8, 4) is 0 Å². The molecule has 1 rings (SSSR count). The molecule has 1 aliphatic rings. The van der Waals surface area contributed by atoms with Gasteiger partial charge in [0.15, 0.2) is 0 Å². The maximum absolute atomic E-state index is 10.8. The molecule has 0 bridgehead atoms. The Morgan fingerprint density at radius 3 is 1.62 bits per heavy atom. The van der Waals surface area contributed by atoms with Gasteiger partial charge in [-0.3, -0.25) is 4.79 Å². The molecule has 0 saturated heterocycles. The van der Waals surface area contributed by atoms with Crippen molar-refractivity contribution < 1.29 is 9.90 Å². The van der Waals surface area contributed by atoms with Crippen molar-refractivity contribution in [2.45, 2.75) is 57.8 Å². The van der Waals surface area contributed by atoms with Gasteiger partial charge < -0.3 is 5.11 Å². The Labute approximate surface area is 80.3 Å². The van der Waals surface area contributed by atoms with Crippen LogP contribution in [-0.2, 0) is 4.79 Å². The van der Waals surface area contributed by atoms with Gasteiger partial charge in [-0.1, -0.05) is 44.9 Å². The molecule has 0 unspecified atom stereocenters. The number of hydrogen-bond acceptors (Lipinski definition) is 1. The lowest BCUT2D eigenvalue weighted by molar-refractivity contribution is -0.135. The van der Waals surface area contributed by atoms with Crippen molar-refractivity contribution in [1.29, 1.82) is 0 Å². The predicted octanol–water partition coefficient (Wildman–Crippen LogP) is 3.17. The van der Waals surface area contributed by atoms with E-state index in [2.05, 4.69) is 0 Å². The minimum absolute atomic E-state index is 0.666. The highest BCUT2D eigenvalue weighted by Gasteiger charge is 2.17. The van der Waals surface area contributed by atoms with Gasteiger partial charge in [-0.15, -0.1) is 0 Å². The third kappa shape index (κ3) is 4.30. The fourth-order valence-electron chi connectivity index (χ4n) is 1.90. The van der Waals surface area contributed by atoms with Crippen LogP contribution in [0.15, 0.2) is 0 Å². The van der Waals surface area contributed by atoms with Crippen molar-refractivity contribution >= 4 is 5.97 Å². The maximum atomic E-state index is 10.8. The summed E-state index contributed by atoms with van der Waals surface area (Å²) in [6, 6.07) is 0. The zero-order valence-corrected chi connectivity index (χ0v) is 8.22. The molecule has 75 valence electrons. The second-order valence-corrected chi connectivity index (χ2v) is 3.88. The summed E-state index contributed by atoms with van der Waals surface area (Å²) in [5.41, 5.74) is 0. The van der Waals surface area contributed by atoms with Gasteiger partial charge in [0.05, 0.1) is 5.92 Å². The zero-order valence-electron chi connectivity index (χ0n) is 8.22. The minimum atomic E-state index is -0.666. The molecule has 0 aliphatic heterocycles. The van der Waals surface area contributed by atoms with Gasteiger partial charge in [0, 0.05) is 0 Å². The molecular formula is C11H19O2. The molecule has 1 N–H and O–H groups in total. The molecule has 0 amide bonds. The van der Waals surface area contributed by atoms with Crippen LogP contribution >= 0.6 is 0 Å². The summed E-state index contributed by atoms with van der Waals surface area (Å²) in [5.74, 6) is 0.0856. The molecular weight excluding hydrogens is 164 g/mol. The predicted molar refractivity (Wildman–Crippen MR) is 52.4 cm³/mol. The van der Waals surface area contributed by atoms with E-state index in [-0.39, 0.29) is 0 Å². The highest BCUT2D eigenvalue weighted by atomic mass is 16.4. The molecule has 1 saturated carbocycles. The summed E-state index contributed by atoms with van der Waals surface area (Å²) in [7, 11) is 0. The normalized spacial score (nSPS) is 22.5. The standard InChI is InChI=1S/C11H19O2/c12-11(13)10-8-6-4-2-1-3-5-7-9-10/h1-9H2,(H,12,13). The summed E-state index contributed by atoms with van der Waals surface area (Å²) < 4.78 is 0. The number of aliphatic carboxylic acids is 1. The van der Waals surface area contributed by atoms with E-state index in [1.54, 1.807) is 0 Å². The molecule has 0 spiro atoms. The SMILES string of the molecule is O=C(O)[C]1CCCCCCCCC1. The number of carbonyl (C=O) groups is 1. The molecule has 0 aromatic heterocycles. The largest absolute Gasteiger partial charge is 0.481 e. The van der Waals surface area contributed by atoms with E-state index in [1.807, 2.05) is 0 Å². The Balaban J connectivity index is 2.30. The highest BCUT2D eigenvalue weighted by molar-refractivity contribution is 5.82. The van der Waals surface area contributed by atoms with Crippen molar-refractivity contribution in [3.63, 3.8) is 0 Å². The monoisotopic (exact) mass is 183 g/mol. The van der Waals surface area contributed by atoms with E-state index < -0.39 is 5.97 Å². The van der Waals surface area contributed by atoms with Gasteiger partial charge >= 0.3 is 5.97 Å². The number of carboxylic acid groups (broad SMARTS) is 1. The molecule has 0 heterocycles. The van der Waals surface area contributed by atoms with Gasteiger partial charge in [0.25, 0.3) is 0 Å². The van der Waals surface area contributed by atoms with Crippen LogP contribution in [0.25, 0.3) is 0 Å². The van der Waals surface area contributed by atoms with Gasteiger partial charge in [-0.05, 0) is 12.8 Å². The summed E-state index contributed by atoms with van der Waals surface area (Å²) >= 11 is 0. The van der Waals surface area contributed by atoms with Crippen molar-refractivity contribution in [2.24, 2.45) is 0 Å². The Morgan fingerprint density at radius 1 is 0.846 bits per heavy atom. The van der Waals surface area contributed by atoms with E-state index in [0.29, 0.717) is 0 Å². The lowest BCUT2D eigenvalue weighted by Gasteiger charge is -2.13. The third-order valence-corrected chi connectivity index (χ3v) is 2.76. The first-order valence-corrected chi connectivity index (χ1v) is 5.38. The van der Waals surface area contributed by atoms with E-state index in [4.69, 9.17) is 5.11 Å². The molecule has 0 aromatic rings. The molecule has 0 atom stereocenters. The Morgan fingerprint density at radius 2 is 1.23 bits per heavy atom. The van der Waals surface area contributed by atoms with Gasteiger partial charge in [-0.25, -0.2) is 0 Å². The fraction of sp³-hybridized carbons (Fsp3) is 0.818. The molecule has 0 aromatic carbocycles. The maximum Gasteiger partial charge on any atom is 0.310 e. The number of hydrogen-bond donors (Lipinski definition) is 1. The van der Waals surface area contributed by atoms with Crippen molar-refractivity contribution in [3.05, 3.63) is 5.92 Å². The number of carboxylic acids is 1. The fourth-order valence-corrected chi connectivity index (χ4v) is 1.90. The van der Waals surface area contributed by atoms with Crippen LogP contribution < -0.4 is 0 Å². The van der Waals surface area contributed by atoms with Crippen LogP contribution in [-0.4, -0.2) is 11.1 Å². The molecule has 1 aliphatic carbocycles. The van der Waals surface area contributed by atoms with E-state index in [9.17, 15) is 4.79 Å². The summed E-state index contributed by atoms with van der Waals surface area (Å²) in [4.78, 5) is 10.8. The molecule has 1 radical (unpaired) electrons. The minimum Gasteiger partial charge on any atom is -0.481 e. The van der Waals surface area contributed by atoms with E-state index in [1.165, 1.54) is 32.1 Å². The third-order valence-electron chi connectivity index (χ3n) is 2.76. The summed E-state index contributed by atoms with van der Waals surface area (Å²) in [6.45, 7) is 0. The first kappa shape index (κ1) is 10.6. The summed E-state index contributed by atoms with van der Waals surface area (Å²) in [6.07, 6.45) is 10.1. The second-order valence-electron chi connectivity index (χ2n) is 3.88. The van der Waals surface area contributed by atoms with E-state index in [0.717, 1.165) is 31.6 Å². The van der Waals surface area contributed by atoms with Crippen LogP contribution in [0, 0.1) is 5.92 Å². The lowest BCUT2D eigenvalue weighted by atomic mass is 9.92. The van der Waals surface area contributed by atoms with Crippen LogP contribution in [0.4, 0.5) is 0 Å². The lowest BCUT2D eigenvalue weighted by Crippen LogP contribution is -2.11. The topological polar surface area (TPSA) is 37.3 Å². The quantitative estimate of drug-likeness (QED) is 0.678. The number of rotatable bonds is 1. The highest BCUT2D eigenvalue weighted by Crippen LogP contribution is 2.22. The first-order chi connectivity index (χ1) is 6.30. The molecule has 1 fully saturated rings. The first-order valence-electron chi connectivity index (χ1n) is 5.38. The second kappa shape index (κ2) is 6.01. The van der Waals surface area contributed by atoms with Crippen LogP contribution in [0.1, 0.15) is 57.8 Å². The van der Waals surface area contributed by atoms with Gasteiger partial charge in [-0.2, -0.15) is 0 Å².